The van der Waals surface area contributed by atoms with Crippen LogP contribution in [0.15, 0.2) is 0 Å². The first kappa shape index (κ1) is 15.0. The Morgan fingerprint density at radius 3 is 2.67 bits per heavy atom. The van der Waals surface area contributed by atoms with Crippen LogP contribution in [0.1, 0.15) is 39.5 Å². The third kappa shape index (κ3) is 3.45. The van der Waals surface area contributed by atoms with Gasteiger partial charge in [0.1, 0.15) is 0 Å². The molecule has 1 aliphatic heterocycles. The van der Waals surface area contributed by atoms with Gasteiger partial charge in [-0.1, -0.05) is 20.3 Å². The monoisotopic (exact) mass is 256 g/mol. The van der Waals surface area contributed by atoms with Crippen molar-refractivity contribution in [1.29, 1.82) is 0 Å². The second-order valence-electron chi connectivity index (χ2n) is 5.48. The summed E-state index contributed by atoms with van der Waals surface area (Å²) in [6, 6.07) is 0. The average molecular weight is 256 g/mol. The number of carboxylic acids is 1. The molecular weight excluding hydrogens is 232 g/mol. The molecule has 0 saturated carbocycles. The van der Waals surface area contributed by atoms with E-state index in [4.69, 9.17) is 5.73 Å². The lowest BCUT2D eigenvalue weighted by atomic mass is 9.76. The minimum Gasteiger partial charge on any atom is -0.481 e. The molecule has 104 valence electrons. The molecule has 1 saturated heterocycles. The Kier molecular flexibility index (Phi) is 5.14. The predicted molar refractivity (Wildman–Crippen MR) is 69.0 cm³/mol. The minimum absolute atomic E-state index is 0.226. The number of primary amides is 1. The summed E-state index contributed by atoms with van der Waals surface area (Å²) < 4.78 is 0. The van der Waals surface area contributed by atoms with Crippen LogP contribution in [0.3, 0.4) is 0 Å². The molecule has 0 spiro atoms. The highest BCUT2D eigenvalue weighted by molar-refractivity contribution is 5.76. The number of nitrogens with two attached hydrogens (primary N) is 1. The molecule has 0 bridgehead atoms. The van der Waals surface area contributed by atoms with E-state index in [2.05, 4.69) is 4.90 Å². The van der Waals surface area contributed by atoms with E-state index in [-0.39, 0.29) is 11.8 Å². The van der Waals surface area contributed by atoms with E-state index in [1.807, 2.05) is 6.92 Å². The standard InChI is InChI=1S/C13H24N2O3/c1-3-5-13(12(17)18)6-4-7-15(9-13)8-10(2)11(14)16/h10H,3-9H2,1-2H3,(H2,14,16)(H,17,18). The maximum atomic E-state index is 11.5. The number of carbonyl (C=O) groups is 2. The Balaban J connectivity index is 2.69. The number of carboxylic acid groups (broad SMARTS) is 1. The molecule has 1 rings (SSSR count). The minimum atomic E-state index is -0.708. The molecule has 0 aromatic heterocycles. The van der Waals surface area contributed by atoms with Crippen LogP contribution in [0, 0.1) is 11.3 Å². The molecule has 1 fully saturated rings. The van der Waals surface area contributed by atoms with Crippen molar-refractivity contribution in [3.8, 4) is 0 Å². The Labute approximate surface area is 108 Å². The van der Waals surface area contributed by atoms with E-state index in [1.165, 1.54) is 0 Å². The van der Waals surface area contributed by atoms with Crippen molar-refractivity contribution in [2.24, 2.45) is 17.1 Å². The van der Waals surface area contributed by atoms with Crippen molar-refractivity contribution in [3.05, 3.63) is 0 Å². The number of aliphatic carboxylic acids is 1. The van der Waals surface area contributed by atoms with Crippen LogP contribution < -0.4 is 5.73 Å². The Hall–Kier alpha value is -1.10. The molecule has 0 aliphatic carbocycles. The molecule has 0 radical (unpaired) electrons. The lowest BCUT2D eigenvalue weighted by Gasteiger charge is -2.40. The molecule has 3 N–H and O–H groups in total. The molecule has 1 heterocycles. The highest BCUT2D eigenvalue weighted by atomic mass is 16.4. The van der Waals surface area contributed by atoms with Crippen molar-refractivity contribution in [2.45, 2.75) is 39.5 Å². The first-order valence-corrected chi connectivity index (χ1v) is 6.66. The summed E-state index contributed by atoms with van der Waals surface area (Å²) in [4.78, 5) is 24.7. The lowest BCUT2D eigenvalue weighted by molar-refractivity contribution is -0.153. The van der Waals surface area contributed by atoms with Crippen molar-refractivity contribution < 1.29 is 14.7 Å². The molecule has 18 heavy (non-hydrogen) atoms. The van der Waals surface area contributed by atoms with Gasteiger partial charge in [-0.15, -0.1) is 0 Å². The van der Waals surface area contributed by atoms with Gasteiger partial charge in [-0.25, -0.2) is 0 Å². The molecule has 1 aliphatic rings. The largest absolute Gasteiger partial charge is 0.481 e. The SMILES string of the molecule is CCCC1(C(=O)O)CCCN(CC(C)C(N)=O)C1. The zero-order chi connectivity index (χ0) is 13.8. The Morgan fingerprint density at radius 1 is 1.50 bits per heavy atom. The normalized spacial score (nSPS) is 26.8. The Morgan fingerprint density at radius 2 is 2.17 bits per heavy atom. The molecular formula is C13H24N2O3. The number of likely N-dealkylation sites (tertiary alicyclic amines) is 1. The summed E-state index contributed by atoms with van der Waals surface area (Å²) in [5.74, 6) is -1.26. The van der Waals surface area contributed by atoms with Crippen LogP contribution in [0.5, 0.6) is 0 Å². The molecule has 5 heteroatoms. The summed E-state index contributed by atoms with van der Waals surface area (Å²) >= 11 is 0. The molecule has 1 amide bonds. The predicted octanol–water partition coefficient (Wildman–Crippen LogP) is 1.07. The summed E-state index contributed by atoms with van der Waals surface area (Å²) in [6.07, 6.45) is 3.17. The summed E-state index contributed by atoms with van der Waals surface area (Å²) in [5, 5.41) is 9.46. The van der Waals surface area contributed by atoms with Gasteiger partial charge in [0.2, 0.25) is 5.91 Å². The number of carbonyl (C=O) groups excluding carboxylic acids is 1. The van der Waals surface area contributed by atoms with Gasteiger partial charge < -0.3 is 15.7 Å². The van der Waals surface area contributed by atoms with Gasteiger partial charge in [0.05, 0.1) is 5.41 Å². The van der Waals surface area contributed by atoms with Gasteiger partial charge in [0.25, 0.3) is 0 Å². The van der Waals surface area contributed by atoms with Gasteiger partial charge in [0.15, 0.2) is 0 Å². The molecule has 0 aromatic carbocycles. The van der Waals surface area contributed by atoms with Crippen LogP contribution >= 0.6 is 0 Å². The lowest BCUT2D eigenvalue weighted by Crippen LogP contribution is -2.49. The highest BCUT2D eigenvalue weighted by Gasteiger charge is 2.41. The zero-order valence-corrected chi connectivity index (χ0v) is 11.3. The average Bonchev–Trinajstić information content (AvgIpc) is 2.29. The fourth-order valence-electron chi connectivity index (χ4n) is 2.82. The summed E-state index contributed by atoms with van der Waals surface area (Å²) in [7, 11) is 0. The van der Waals surface area contributed by atoms with Gasteiger partial charge in [0, 0.05) is 19.0 Å². The van der Waals surface area contributed by atoms with Crippen molar-refractivity contribution in [1.82, 2.24) is 4.90 Å². The van der Waals surface area contributed by atoms with E-state index in [0.29, 0.717) is 19.5 Å². The van der Waals surface area contributed by atoms with Crippen LogP contribution in [-0.2, 0) is 9.59 Å². The highest BCUT2D eigenvalue weighted by Crippen LogP contribution is 2.35. The summed E-state index contributed by atoms with van der Waals surface area (Å²) in [5.41, 5.74) is 4.62. The third-order valence-corrected chi connectivity index (χ3v) is 3.86. The first-order chi connectivity index (χ1) is 8.41. The van der Waals surface area contributed by atoms with E-state index < -0.39 is 11.4 Å². The Bertz CT molecular complexity index is 315. The topological polar surface area (TPSA) is 83.6 Å². The smallest absolute Gasteiger partial charge is 0.310 e. The van der Waals surface area contributed by atoms with Gasteiger partial charge in [-0.2, -0.15) is 0 Å². The van der Waals surface area contributed by atoms with E-state index in [9.17, 15) is 14.7 Å². The maximum absolute atomic E-state index is 11.5. The van der Waals surface area contributed by atoms with E-state index in [0.717, 1.165) is 25.8 Å². The fraction of sp³-hybridized carbons (Fsp3) is 0.846. The quantitative estimate of drug-likeness (QED) is 0.744. The molecule has 2 atom stereocenters. The van der Waals surface area contributed by atoms with E-state index in [1.54, 1.807) is 6.92 Å². The number of hydrogen-bond donors (Lipinski definition) is 2. The number of amides is 1. The molecule has 5 nitrogen and oxygen atoms in total. The van der Waals surface area contributed by atoms with Crippen LogP contribution in [0.25, 0.3) is 0 Å². The fourth-order valence-corrected chi connectivity index (χ4v) is 2.82. The first-order valence-electron chi connectivity index (χ1n) is 6.66. The van der Waals surface area contributed by atoms with Crippen LogP contribution in [0.2, 0.25) is 0 Å². The van der Waals surface area contributed by atoms with Crippen molar-refractivity contribution >= 4 is 11.9 Å². The van der Waals surface area contributed by atoms with Crippen molar-refractivity contribution in [2.75, 3.05) is 19.6 Å². The van der Waals surface area contributed by atoms with E-state index >= 15 is 0 Å². The molecule has 0 aromatic rings. The number of piperidine rings is 1. The van der Waals surface area contributed by atoms with Gasteiger partial charge in [-0.05, 0) is 25.8 Å². The third-order valence-electron chi connectivity index (χ3n) is 3.86. The van der Waals surface area contributed by atoms with Crippen molar-refractivity contribution in [3.63, 3.8) is 0 Å². The van der Waals surface area contributed by atoms with Gasteiger partial charge >= 0.3 is 5.97 Å². The zero-order valence-electron chi connectivity index (χ0n) is 11.3. The number of nitrogens with zero attached hydrogens (tertiary/aromatic N) is 1. The van der Waals surface area contributed by atoms with Gasteiger partial charge in [-0.3, -0.25) is 9.59 Å². The van der Waals surface area contributed by atoms with Crippen LogP contribution in [0.4, 0.5) is 0 Å². The van der Waals surface area contributed by atoms with Crippen LogP contribution in [-0.4, -0.2) is 41.5 Å². The summed E-state index contributed by atoms with van der Waals surface area (Å²) in [6.45, 7) is 5.76. The number of hydrogen-bond acceptors (Lipinski definition) is 3. The number of rotatable bonds is 6. The molecule has 2 unspecified atom stereocenters. The second kappa shape index (κ2) is 6.18. The second-order valence-corrected chi connectivity index (χ2v) is 5.48. The maximum Gasteiger partial charge on any atom is 0.310 e.